The number of Topliss-reactive ketones (excluding diaryl/α,β-unsaturated/α-hetero) is 1. The van der Waals surface area contributed by atoms with Crippen molar-refractivity contribution < 1.29 is 14.3 Å². The van der Waals surface area contributed by atoms with Crippen LogP contribution in [0.4, 0.5) is 5.69 Å². The Morgan fingerprint density at radius 3 is 2.56 bits per heavy atom. The smallest absolute Gasteiger partial charge is 0.296 e. The van der Waals surface area contributed by atoms with E-state index in [4.69, 9.17) is 16.3 Å². The lowest BCUT2D eigenvalue weighted by molar-refractivity contribution is -0.112. The number of anilines is 1. The number of fused-ring (bicyclic) bond motifs is 1. The van der Waals surface area contributed by atoms with Crippen molar-refractivity contribution in [2.24, 2.45) is 0 Å². The first-order chi connectivity index (χ1) is 7.06. The SMILES string of the molecule is COc1cc(Cl)c(C)c2c1NC(=O)C2=O.Cl. The van der Waals surface area contributed by atoms with Crippen molar-refractivity contribution in [2.45, 2.75) is 6.92 Å². The first kappa shape index (κ1) is 12.8. The van der Waals surface area contributed by atoms with Crippen LogP contribution in [0, 0.1) is 6.92 Å². The predicted octanol–water partition coefficient (Wildman–Crippen LogP) is 2.21. The van der Waals surface area contributed by atoms with Crippen LogP contribution in [-0.2, 0) is 4.79 Å². The molecule has 6 heteroatoms. The van der Waals surface area contributed by atoms with Gasteiger partial charge in [0.1, 0.15) is 5.75 Å². The maximum atomic E-state index is 11.5. The van der Waals surface area contributed by atoms with Crippen molar-refractivity contribution in [2.75, 3.05) is 12.4 Å². The highest BCUT2D eigenvalue weighted by Crippen LogP contribution is 2.39. The zero-order chi connectivity index (χ0) is 11.2. The molecule has 0 aliphatic carbocycles. The Morgan fingerprint density at radius 1 is 1.38 bits per heavy atom. The number of benzene rings is 1. The second-order valence-corrected chi connectivity index (χ2v) is 3.63. The summed E-state index contributed by atoms with van der Waals surface area (Å²) < 4.78 is 5.04. The number of amides is 1. The molecule has 4 nitrogen and oxygen atoms in total. The minimum absolute atomic E-state index is 0. The van der Waals surface area contributed by atoms with Crippen molar-refractivity contribution in [3.63, 3.8) is 0 Å². The molecule has 1 aliphatic heterocycles. The fraction of sp³-hybridized carbons (Fsp3) is 0.200. The molecule has 0 saturated heterocycles. The van der Waals surface area contributed by atoms with Crippen molar-refractivity contribution in [1.29, 1.82) is 0 Å². The van der Waals surface area contributed by atoms with E-state index in [9.17, 15) is 9.59 Å². The predicted molar refractivity (Wildman–Crippen MR) is 62.9 cm³/mol. The number of carbonyl (C=O) groups is 2. The Kier molecular flexibility index (Phi) is 3.45. The highest BCUT2D eigenvalue weighted by Gasteiger charge is 2.33. The van der Waals surface area contributed by atoms with E-state index < -0.39 is 11.7 Å². The summed E-state index contributed by atoms with van der Waals surface area (Å²) in [5.74, 6) is -0.809. The van der Waals surface area contributed by atoms with Gasteiger partial charge in [-0.15, -0.1) is 12.4 Å². The van der Waals surface area contributed by atoms with E-state index in [1.807, 2.05) is 0 Å². The lowest BCUT2D eigenvalue weighted by atomic mass is 10.0. The molecule has 1 N–H and O–H groups in total. The largest absolute Gasteiger partial charge is 0.494 e. The van der Waals surface area contributed by atoms with Gasteiger partial charge in [0, 0.05) is 11.1 Å². The van der Waals surface area contributed by atoms with E-state index in [0.717, 1.165) is 0 Å². The number of ketones is 1. The molecule has 0 bridgehead atoms. The Balaban J connectivity index is 0.00000128. The van der Waals surface area contributed by atoms with Gasteiger partial charge in [-0.1, -0.05) is 11.6 Å². The average molecular weight is 262 g/mol. The van der Waals surface area contributed by atoms with Crippen LogP contribution in [0.5, 0.6) is 5.75 Å². The number of hydrogen-bond donors (Lipinski definition) is 1. The summed E-state index contributed by atoms with van der Waals surface area (Å²) in [7, 11) is 1.45. The number of carbonyl (C=O) groups excluding carboxylic acids is 2. The first-order valence-corrected chi connectivity index (χ1v) is 4.66. The quantitative estimate of drug-likeness (QED) is 0.789. The normalized spacial score (nSPS) is 12.9. The van der Waals surface area contributed by atoms with Gasteiger partial charge in [0.15, 0.2) is 0 Å². The second kappa shape index (κ2) is 4.31. The molecule has 0 atom stereocenters. The van der Waals surface area contributed by atoms with Crippen molar-refractivity contribution >= 4 is 41.4 Å². The molecule has 1 amide bonds. The summed E-state index contributed by atoms with van der Waals surface area (Å²) in [6.07, 6.45) is 0. The van der Waals surface area contributed by atoms with Crippen LogP contribution < -0.4 is 10.1 Å². The minimum atomic E-state index is -0.645. The zero-order valence-corrected chi connectivity index (χ0v) is 10.2. The molecule has 16 heavy (non-hydrogen) atoms. The summed E-state index contributed by atoms with van der Waals surface area (Å²) in [6.45, 7) is 1.69. The molecular weight excluding hydrogens is 253 g/mol. The molecule has 0 fully saturated rings. The number of ether oxygens (including phenoxy) is 1. The molecule has 1 aromatic rings. The first-order valence-electron chi connectivity index (χ1n) is 4.29. The number of methoxy groups -OCH3 is 1. The summed E-state index contributed by atoms with van der Waals surface area (Å²) in [4.78, 5) is 22.7. The van der Waals surface area contributed by atoms with Crippen LogP contribution in [0.25, 0.3) is 0 Å². The van der Waals surface area contributed by atoms with Gasteiger partial charge in [0.25, 0.3) is 11.7 Å². The van der Waals surface area contributed by atoms with Crippen LogP contribution in [0.15, 0.2) is 6.07 Å². The van der Waals surface area contributed by atoms with Gasteiger partial charge in [-0.3, -0.25) is 9.59 Å². The number of hydrogen-bond acceptors (Lipinski definition) is 3. The molecular formula is C10H9Cl2NO3. The maximum absolute atomic E-state index is 11.5. The lowest BCUT2D eigenvalue weighted by Gasteiger charge is -2.09. The summed E-state index contributed by atoms with van der Waals surface area (Å²) >= 11 is 5.92. The molecule has 0 radical (unpaired) electrons. The maximum Gasteiger partial charge on any atom is 0.296 e. The summed E-state index contributed by atoms with van der Waals surface area (Å²) in [5.41, 5.74) is 1.31. The number of halogens is 2. The van der Waals surface area contributed by atoms with E-state index in [1.54, 1.807) is 13.0 Å². The molecule has 0 unspecified atom stereocenters. The average Bonchev–Trinajstić information content (AvgIpc) is 2.50. The lowest BCUT2D eigenvalue weighted by Crippen LogP contribution is -2.12. The van der Waals surface area contributed by atoms with Crippen LogP contribution in [0.2, 0.25) is 5.02 Å². The van der Waals surface area contributed by atoms with Gasteiger partial charge in [-0.25, -0.2) is 0 Å². The molecule has 0 saturated carbocycles. The van der Waals surface area contributed by atoms with Crippen LogP contribution in [0.3, 0.4) is 0 Å². The fourth-order valence-corrected chi connectivity index (χ4v) is 1.77. The highest BCUT2D eigenvalue weighted by molar-refractivity contribution is 6.53. The van der Waals surface area contributed by atoms with E-state index in [0.29, 0.717) is 27.6 Å². The van der Waals surface area contributed by atoms with Gasteiger partial charge in [0.05, 0.1) is 18.4 Å². The topological polar surface area (TPSA) is 55.4 Å². The van der Waals surface area contributed by atoms with Gasteiger partial charge < -0.3 is 10.1 Å². The van der Waals surface area contributed by atoms with Crippen LogP contribution >= 0.6 is 24.0 Å². The third-order valence-corrected chi connectivity index (χ3v) is 2.77. The number of rotatable bonds is 1. The third-order valence-electron chi connectivity index (χ3n) is 2.38. The monoisotopic (exact) mass is 261 g/mol. The van der Waals surface area contributed by atoms with Crippen LogP contribution in [0.1, 0.15) is 15.9 Å². The van der Waals surface area contributed by atoms with Gasteiger partial charge in [-0.05, 0) is 12.5 Å². The minimum Gasteiger partial charge on any atom is -0.494 e. The fourth-order valence-electron chi connectivity index (χ4n) is 1.58. The molecule has 86 valence electrons. The van der Waals surface area contributed by atoms with Crippen molar-refractivity contribution in [3.05, 3.63) is 22.2 Å². The summed E-state index contributed by atoms with van der Waals surface area (Å²) in [5, 5.41) is 2.88. The van der Waals surface area contributed by atoms with Gasteiger partial charge in [0.2, 0.25) is 0 Å². The van der Waals surface area contributed by atoms with E-state index >= 15 is 0 Å². The Morgan fingerprint density at radius 2 is 2.00 bits per heavy atom. The van der Waals surface area contributed by atoms with Gasteiger partial charge in [-0.2, -0.15) is 0 Å². The van der Waals surface area contributed by atoms with Crippen molar-refractivity contribution in [1.82, 2.24) is 0 Å². The summed E-state index contributed by atoms with van der Waals surface area (Å²) in [6, 6.07) is 1.58. The highest BCUT2D eigenvalue weighted by atomic mass is 35.5. The zero-order valence-electron chi connectivity index (χ0n) is 8.59. The second-order valence-electron chi connectivity index (χ2n) is 3.22. The molecule has 0 aromatic heterocycles. The van der Waals surface area contributed by atoms with E-state index in [1.165, 1.54) is 7.11 Å². The molecule has 0 spiro atoms. The Bertz CT molecular complexity index is 485. The van der Waals surface area contributed by atoms with E-state index in [-0.39, 0.29) is 12.4 Å². The number of nitrogens with one attached hydrogen (secondary N) is 1. The standard InChI is InChI=1S/C10H8ClNO3.ClH/c1-4-5(11)3-6(15-2)8-7(4)9(13)10(14)12-8;/h3H,1-2H3,(H,12,13,14);1H. The third kappa shape index (κ3) is 1.64. The van der Waals surface area contributed by atoms with Crippen molar-refractivity contribution in [3.8, 4) is 5.75 Å². The molecule has 2 rings (SSSR count). The molecule has 1 heterocycles. The Hall–Kier alpha value is -1.26. The Labute approximate surface area is 103 Å². The van der Waals surface area contributed by atoms with E-state index in [2.05, 4.69) is 5.32 Å². The van der Waals surface area contributed by atoms with Crippen LogP contribution in [-0.4, -0.2) is 18.8 Å². The molecule has 1 aliphatic rings. The van der Waals surface area contributed by atoms with Gasteiger partial charge >= 0.3 is 0 Å². The molecule has 1 aromatic carbocycles.